The van der Waals surface area contributed by atoms with E-state index in [-0.39, 0.29) is 37.9 Å². The summed E-state index contributed by atoms with van der Waals surface area (Å²) >= 11 is 17.4. The fourth-order valence-corrected chi connectivity index (χ4v) is 3.70. The van der Waals surface area contributed by atoms with Crippen LogP contribution in [0, 0.1) is 10.1 Å². The fourth-order valence-electron chi connectivity index (χ4n) is 3.04. The van der Waals surface area contributed by atoms with E-state index >= 15 is 0 Å². The molecule has 3 aromatic rings. The minimum Gasteiger partial charge on any atom is -0.457 e. The Labute approximate surface area is 196 Å². The first-order chi connectivity index (χ1) is 15.3. The zero-order valence-corrected chi connectivity index (χ0v) is 18.2. The summed E-state index contributed by atoms with van der Waals surface area (Å²) in [6.45, 7) is 0. The monoisotopic (exact) mass is 487 g/mol. The fraction of sp³-hybridized carbons (Fsp3) is 0. The third kappa shape index (κ3) is 4.01. The molecule has 0 saturated carbocycles. The van der Waals surface area contributed by atoms with E-state index < -0.39 is 16.7 Å². The summed E-state index contributed by atoms with van der Waals surface area (Å²) in [7, 11) is 0. The Hall–Kier alpha value is -3.53. The lowest BCUT2D eigenvalue weighted by molar-refractivity contribution is -0.384. The number of nitro groups is 1. The van der Waals surface area contributed by atoms with Crippen LogP contribution in [0.3, 0.4) is 0 Å². The lowest BCUT2D eigenvalue weighted by Gasteiger charge is -2.29. The second-order valence-electron chi connectivity index (χ2n) is 6.54. The zero-order chi connectivity index (χ0) is 23.0. The number of anilines is 1. The number of hydrogen-bond acceptors (Lipinski definition) is 6. The van der Waals surface area contributed by atoms with Crippen LogP contribution in [-0.4, -0.2) is 21.9 Å². The van der Waals surface area contributed by atoms with Crippen LogP contribution in [0.2, 0.25) is 10.0 Å². The molecule has 160 valence electrons. The van der Waals surface area contributed by atoms with Gasteiger partial charge in [-0.05, 0) is 42.6 Å². The van der Waals surface area contributed by atoms with Crippen LogP contribution in [0.4, 0.5) is 11.4 Å². The highest BCUT2D eigenvalue weighted by molar-refractivity contribution is 7.80. The topological polar surface area (TPSA) is 106 Å². The first-order valence-electron chi connectivity index (χ1n) is 8.96. The number of thiocarbonyl (C=S) groups is 1. The SMILES string of the molecule is O=C1NC(=S)N(c2cccc(Cl)c2Cl)C(=O)/C1=C/c1ccc(-c2cccc([N+](=O)[O-])c2)o1. The van der Waals surface area contributed by atoms with Crippen LogP contribution in [-0.2, 0) is 9.59 Å². The van der Waals surface area contributed by atoms with Crippen LogP contribution >= 0.6 is 35.4 Å². The number of rotatable bonds is 4. The normalized spacial score (nSPS) is 15.2. The number of nitrogens with zero attached hydrogens (tertiary/aromatic N) is 2. The van der Waals surface area contributed by atoms with E-state index in [0.29, 0.717) is 11.3 Å². The van der Waals surface area contributed by atoms with Gasteiger partial charge in [0.25, 0.3) is 17.5 Å². The molecule has 32 heavy (non-hydrogen) atoms. The Morgan fingerprint density at radius 2 is 1.84 bits per heavy atom. The largest absolute Gasteiger partial charge is 0.457 e. The van der Waals surface area contributed by atoms with Crippen molar-refractivity contribution in [2.45, 2.75) is 0 Å². The molecule has 0 unspecified atom stereocenters. The molecule has 2 heterocycles. The predicted octanol–water partition coefficient (Wildman–Crippen LogP) is 4.99. The number of nitro benzene ring substituents is 1. The van der Waals surface area contributed by atoms with Gasteiger partial charge in [0.1, 0.15) is 17.1 Å². The van der Waals surface area contributed by atoms with Crippen molar-refractivity contribution in [1.82, 2.24) is 5.32 Å². The molecule has 0 radical (unpaired) electrons. The summed E-state index contributed by atoms with van der Waals surface area (Å²) in [5, 5.41) is 13.6. The lowest BCUT2D eigenvalue weighted by Crippen LogP contribution is -2.54. The number of hydrogen-bond donors (Lipinski definition) is 1. The molecule has 0 aliphatic carbocycles. The van der Waals surface area contributed by atoms with Crippen LogP contribution in [0.15, 0.2) is 64.6 Å². The van der Waals surface area contributed by atoms with Crippen LogP contribution in [0.1, 0.15) is 5.76 Å². The molecule has 0 bridgehead atoms. The minimum atomic E-state index is -0.712. The number of carbonyl (C=O) groups is 2. The second kappa shape index (κ2) is 8.54. The summed E-state index contributed by atoms with van der Waals surface area (Å²) < 4.78 is 5.68. The van der Waals surface area contributed by atoms with E-state index in [1.54, 1.807) is 30.3 Å². The van der Waals surface area contributed by atoms with Crippen molar-refractivity contribution in [3.05, 3.63) is 86.1 Å². The van der Waals surface area contributed by atoms with E-state index in [2.05, 4.69) is 5.32 Å². The Morgan fingerprint density at radius 1 is 1.09 bits per heavy atom. The quantitative estimate of drug-likeness (QED) is 0.182. The van der Waals surface area contributed by atoms with Gasteiger partial charge in [-0.25, -0.2) is 0 Å². The molecule has 1 aliphatic rings. The summed E-state index contributed by atoms with van der Waals surface area (Å²) in [4.78, 5) is 37.1. The lowest BCUT2D eigenvalue weighted by atomic mass is 10.1. The third-order valence-corrected chi connectivity index (χ3v) is 5.62. The van der Waals surface area contributed by atoms with Gasteiger partial charge in [0, 0.05) is 17.7 Å². The van der Waals surface area contributed by atoms with E-state index in [0.717, 1.165) is 4.90 Å². The smallest absolute Gasteiger partial charge is 0.270 e. The second-order valence-corrected chi connectivity index (χ2v) is 7.71. The summed E-state index contributed by atoms with van der Waals surface area (Å²) in [5.74, 6) is -0.900. The molecule has 0 atom stereocenters. The van der Waals surface area contributed by atoms with Gasteiger partial charge in [-0.1, -0.05) is 41.4 Å². The number of carbonyl (C=O) groups excluding carboxylic acids is 2. The van der Waals surface area contributed by atoms with Crippen molar-refractivity contribution in [1.29, 1.82) is 0 Å². The number of nitrogens with one attached hydrogen (secondary N) is 1. The standard InChI is InChI=1S/C21H11Cl2N3O5S/c22-15-5-2-6-16(18(15)23)25-20(28)14(19(27)24-21(25)32)10-13-7-8-17(31-13)11-3-1-4-12(9-11)26(29)30/h1-10H,(H,24,27,32)/b14-10+. The molecule has 1 N–H and O–H groups in total. The molecular weight excluding hydrogens is 477 g/mol. The molecule has 11 heteroatoms. The highest BCUT2D eigenvalue weighted by atomic mass is 35.5. The van der Waals surface area contributed by atoms with E-state index in [4.69, 9.17) is 39.8 Å². The number of halogens is 2. The van der Waals surface area contributed by atoms with Gasteiger partial charge in [0.05, 0.1) is 20.7 Å². The van der Waals surface area contributed by atoms with Crippen molar-refractivity contribution in [2.75, 3.05) is 4.90 Å². The maximum Gasteiger partial charge on any atom is 0.270 e. The highest BCUT2D eigenvalue weighted by Crippen LogP contribution is 2.34. The first kappa shape index (κ1) is 21.7. The average molecular weight is 488 g/mol. The third-order valence-electron chi connectivity index (χ3n) is 4.53. The molecule has 1 saturated heterocycles. The first-order valence-corrected chi connectivity index (χ1v) is 10.1. The molecular formula is C21H11Cl2N3O5S. The van der Waals surface area contributed by atoms with Crippen molar-refractivity contribution in [3.63, 3.8) is 0 Å². The van der Waals surface area contributed by atoms with Gasteiger partial charge < -0.3 is 4.42 Å². The zero-order valence-electron chi connectivity index (χ0n) is 15.9. The molecule has 1 aromatic heterocycles. The van der Waals surface area contributed by atoms with Crippen LogP contribution in [0.5, 0.6) is 0 Å². The predicted molar refractivity (Wildman–Crippen MR) is 123 cm³/mol. The van der Waals surface area contributed by atoms with Gasteiger partial charge in [0.15, 0.2) is 5.11 Å². The van der Waals surface area contributed by atoms with Crippen molar-refractivity contribution in [3.8, 4) is 11.3 Å². The Morgan fingerprint density at radius 3 is 2.59 bits per heavy atom. The summed E-state index contributed by atoms with van der Waals surface area (Å²) in [5.41, 5.74) is 0.353. The maximum absolute atomic E-state index is 13.1. The Balaban J connectivity index is 1.69. The number of non-ortho nitro benzene ring substituents is 1. The Bertz CT molecular complexity index is 1330. The Kier molecular flexibility index (Phi) is 5.79. The van der Waals surface area contributed by atoms with Crippen molar-refractivity contribution in [2.24, 2.45) is 0 Å². The minimum absolute atomic E-state index is 0.0943. The molecule has 2 amide bonds. The van der Waals surface area contributed by atoms with E-state index in [1.807, 2.05) is 0 Å². The van der Waals surface area contributed by atoms with Crippen LogP contribution in [0.25, 0.3) is 17.4 Å². The van der Waals surface area contributed by atoms with E-state index in [9.17, 15) is 19.7 Å². The molecule has 2 aromatic carbocycles. The number of amides is 2. The summed E-state index contributed by atoms with van der Waals surface area (Å²) in [6.07, 6.45) is 1.26. The highest BCUT2D eigenvalue weighted by Gasteiger charge is 2.36. The molecule has 1 aliphatic heterocycles. The van der Waals surface area contributed by atoms with Gasteiger partial charge >= 0.3 is 0 Å². The van der Waals surface area contributed by atoms with Crippen molar-refractivity contribution < 1.29 is 18.9 Å². The average Bonchev–Trinajstić information content (AvgIpc) is 3.23. The van der Waals surface area contributed by atoms with Gasteiger partial charge in [0.2, 0.25) is 0 Å². The van der Waals surface area contributed by atoms with Crippen LogP contribution < -0.4 is 10.2 Å². The van der Waals surface area contributed by atoms with E-state index in [1.165, 1.54) is 30.3 Å². The molecule has 1 fully saturated rings. The maximum atomic E-state index is 13.1. The van der Waals surface area contributed by atoms with Gasteiger partial charge in [-0.3, -0.25) is 29.9 Å². The van der Waals surface area contributed by atoms with Gasteiger partial charge in [-0.15, -0.1) is 0 Å². The van der Waals surface area contributed by atoms with Crippen molar-refractivity contribution >= 4 is 69.8 Å². The van der Waals surface area contributed by atoms with Gasteiger partial charge in [-0.2, -0.15) is 0 Å². The molecule has 8 nitrogen and oxygen atoms in total. The molecule has 0 spiro atoms. The number of benzene rings is 2. The summed E-state index contributed by atoms with van der Waals surface area (Å²) in [6, 6.07) is 13.7. The number of furan rings is 1. The molecule has 4 rings (SSSR count).